The number of esters is 7. The molecule has 0 bridgehead atoms. The zero-order chi connectivity index (χ0) is 56.3. The van der Waals surface area contributed by atoms with Gasteiger partial charge in [0.1, 0.15) is 41.7 Å². The number of non-ortho nitro benzene ring substituents is 1. The van der Waals surface area contributed by atoms with Gasteiger partial charge in [-0.1, -0.05) is 37.1 Å². The van der Waals surface area contributed by atoms with Crippen LogP contribution in [-0.4, -0.2) is 84.4 Å². The summed E-state index contributed by atoms with van der Waals surface area (Å²) in [6.07, 6.45) is 5.43. The number of azo groups is 1. The highest BCUT2D eigenvalue weighted by molar-refractivity contribution is 7.22. The first kappa shape index (κ1) is 57.6. The molecular weight excluding hydrogens is 1050 g/mol. The van der Waals surface area contributed by atoms with Gasteiger partial charge in [0.2, 0.25) is 11.9 Å². The number of rotatable bonds is 25. The monoisotopic (exact) mass is 1100 g/mol. The number of fused-ring (bicyclic) bond motifs is 1. The number of hydrogen-bond acceptors (Lipinski definition) is 22. The molecule has 0 radical (unpaired) electrons. The van der Waals surface area contributed by atoms with Gasteiger partial charge >= 0.3 is 41.8 Å². The largest absolute Gasteiger partial charge is 0.490 e. The van der Waals surface area contributed by atoms with Gasteiger partial charge in [-0.25, -0.2) is 19.4 Å². The van der Waals surface area contributed by atoms with Gasteiger partial charge in [-0.3, -0.25) is 29.3 Å². The number of carbonyl (C=O) groups is 7. The third-order valence-corrected chi connectivity index (χ3v) is 13.7. The van der Waals surface area contributed by atoms with Gasteiger partial charge in [0, 0.05) is 36.8 Å². The maximum atomic E-state index is 13.7. The van der Waals surface area contributed by atoms with Crippen molar-refractivity contribution >= 4 is 79.8 Å². The Morgan fingerprint density at radius 1 is 0.595 bits per heavy atom. The molecule has 2 saturated carbocycles. The molecule has 4 aromatic carbocycles. The number of thiazole rings is 1. The Balaban J connectivity index is 0.909. The van der Waals surface area contributed by atoms with Crippen LogP contribution in [0.3, 0.4) is 0 Å². The van der Waals surface area contributed by atoms with Crippen LogP contribution in [0.25, 0.3) is 10.2 Å². The van der Waals surface area contributed by atoms with Gasteiger partial charge in [-0.15, -0.1) is 10.2 Å². The van der Waals surface area contributed by atoms with Crippen molar-refractivity contribution in [3.63, 3.8) is 0 Å². The van der Waals surface area contributed by atoms with Crippen LogP contribution >= 0.6 is 11.3 Å². The number of carbonyl (C=O) groups excluding carboxylic acids is 7. The lowest BCUT2D eigenvalue weighted by molar-refractivity contribution is -0.384. The number of ether oxygens (including phenoxy) is 9. The number of aromatic nitrogens is 1. The maximum absolute atomic E-state index is 13.7. The Morgan fingerprint density at radius 3 is 1.65 bits per heavy atom. The van der Waals surface area contributed by atoms with Gasteiger partial charge < -0.3 is 42.6 Å². The average Bonchev–Trinajstić information content (AvgIpc) is 4.03. The molecular formula is C56H54N4O18S. The molecule has 2 aliphatic rings. The van der Waals surface area contributed by atoms with E-state index in [-0.39, 0.29) is 55.4 Å². The normalized spacial score (nSPS) is 17.2. The third-order valence-electron chi connectivity index (χ3n) is 12.6. The highest BCUT2D eigenvalue weighted by Crippen LogP contribution is 2.39. The summed E-state index contributed by atoms with van der Waals surface area (Å²) in [5, 5.41) is 19.8. The van der Waals surface area contributed by atoms with E-state index >= 15 is 0 Å². The molecule has 0 saturated heterocycles. The van der Waals surface area contributed by atoms with E-state index in [2.05, 4.69) is 34.9 Å². The third kappa shape index (κ3) is 16.9. The van der Waals surface area contributed by atoms with Crippen LogP contribution in [0.4, 0.5) is 16.5 Å². The van der Waals surface area contributed by atoms with E-state index in [9.17, 15) is 43.7 Å². The fraction of sp³-hybridized carbons (Fsp3) is 0.321. The summed E-state index contributed by atoms with van der Waals surface area (Å²) < 4.78 is 49.5. The zero-order valence-electron chi connectivity index (χ0n) is 42.6. The van der Waals surface area contributed by atoms with Gasteiger partial charge in [0.05, 0.1) is 45.6 Å². The summed E-state index contributed by atoms with van der Waals surface area (Å²) in [5.74, 6) is -4.18. The first-order valence-corrected chi connectivity index (χ1v) is 25.8. The fourth-order valence-electron chi connectivity index (χ4n) is 8.36. The quantitative estimate of drug-likeness (QED) is 0.00767. The Kier molecular flexibility index (Phi) is 20.6. The average molecular weight is 1100 g/mol. The van der Waals surface area contributed by atoms with Gasteiger partial charge in [0.25, 0.3) is 5.69 Å². The Hall–Kier alpha value is -9.12. The van der Waals surface area contributed by atoms with Crippen molar-refractivity contribution in [3.8, 4) is 28.7 Å². The standard InChI is InChI=1S/C56H54N4O18S/c1-4-47(61)72-32-45(75-49(63)6-3)31-71-41-20-24-43(25-21-41)76-54(66)37-11-13-38(14-12-37)55(67)78-46-28-15-34(51-50(46)57-56(79-51)59-58-39-16-18-40(19-17-39)60(68)69)29-30-70-52(64)35-7-9-36(10-8-35)53(65)77-44-26-22-42(23-27-44)73-33-74-48(62)5-2/h4-6,15-28,35-38,45H,1-3,7-14,29-33H2/b59-58+. The molecule has 1 heterocycles. The number of nitrogens with zero attached hydrogens (tertiary/aromatic N) is 4. The zero-order valence-corrected chi connectivity index (χ0v) is 43.4. The topological polar surface area (TPSA) is 283 Å². The molecule has 79 heavy (non-hydrogen) atoms. The van der Waals surface area contributed by atoms with E-state index in [1.54, 1.807) is 48.5 Å². The van der Waals surface area contributed by atoms with E-state index in [1.807, 2.05) is 0 Å². The molecule has 0 N–H and O–H groups in total. The van der Waals surface area contributed by atoms with Crippen molar-refractivity contribution in [1.29, 1.82) is 0 Å². The van der Waals surface area contributed by atoms with Crippen molar-refractivity contribution in [2.45, 2.75) is 63.9 Å². The van der Waals surface area contributed by atoms with Crippen molar-refractivity contribution in [2.24, 2.45) is 33.9 Å². The summed E-state index contributed by atoms with van der Waals surface area (Å²) >= 11 is 1.16. The minimum absolute atomic E-state index is 0.0172. The highest BCUT2D eigenvalue weighted by Gasteiger charge is 2.34. The molecule has 1 atom stereocenters. The second kappa shape index (κ2) is 28.3. The second-order valence-corrected chi connectivity index (χ2v) is 18.9. The molecule has 2 aliphatic carbocycles. The van der Waals surface area contributed by atoms with Gasteiger partial charge in [-0.05, 0) is 124 Å². The fourth-order valence-corrected chi connectivity index (χ4v) is 9.31. The van der Waals surface area contributed by atoms with Crippen LogP contribution in [0.2, 0.25) is 0 Å². The maximum Gasteiger partial charge on any atom is 0.333 e. The minimum Gasteiger partial charge on any atom is -0.490 e. The number of benzene rings is 4. The SMILES string of the molecule is C=CC(=O)OCOc1ccc(OC(=O)C2CCC(C(=O)OCCc3ccc(OC(=O)C4CCC(C(=O)Oc5ccc(OCC(COC(=O)C=C)OC(=O)C=C)cc5)CC4)c4nc(/N=N/c5ccc([N+](=O)[O-])cc5)sc34)CC2)cc1. The first-order valence-electron chi connectivity index (χ1n) is 25.0. The lowest BCUT2D eigenvalue weighted by Gasteiger charge is -2.26. The molecule has 0 amide bonds. The molecule has 7 rings (SSSR count). The summed E-state index contributed by atoms with van der Waals surface area (Å²) in [6, 6.07) is 21.3. The summed E-state index contributed by atoms with van der Waals surface area (Å²) in [4.78, 5) is 103. The predicted molar refractivity (Wildman–Crippen MR) is 281 cm³/mol. The Bertz CT molecular complexity index is 3070. The lowest BCUT2D eigenvalue weighted by Crippen LogP contribution is -2.30. The highest BCUT2D eigenvalue weighted by atomic mass is 32.1. The Labute approximate surface area is 456 Å². The molecule has 2 fully saturated rings. The molecule has 0 spiro atoms. The summed E-state index contributed by atoms with van der Waals surface area (Å²) in [6.45, 7) is 9.29. The Morgan fingerprint density at radius 2 is 1.10 bits per heavy atom. The van der Waals surface area contributed by atoms with Crippen molar-refractivity contribution < 1.29 is 81.1 Å². The molecule has 22 nitrogen and oxygen atoms in total. The van der Waals surface area contributed by atoms with E-state index in [0.717, 1.165) is 35.1 Å². The molecule has 0 aliphatic heterocycles. The predicted octanol–water partition coefficient (Wildman–Crippen LogP) is 9.71. The summed E-state index contributed by atoms with van der Waals surface area (Å²) in [7, 11) is 0. The van der Waals surface area contributed by atoms with Gasteiger partial charge in [0.15, 0.2) is 11.9 Å². The second-order valence-electron chi connectivity index (χ2n) is 17.9. The molecule has 1 aromatic heterocycles. The van der Waals surface area contributed by atoms with Crippen molar-refractivity contribution in [2.75, 3.05) is 26.6 Å². The van der Waals surface area contributed by atoms with Crippen LogP contribution in [0.15, 0.2) is 133 Å². The number of hydrogen-bond donors (Lipinski definition) is 0. The van der Waals surface area contributed by atoms with Crippen LogP contribution in [0.1, 0.15) is 56.9 Å². The van der Waals surface area contributed by atoms with Crippen LogP contribution in [-0.2, 0) is 58.9 Å². The van der Waals surface area contributed by atoms with Crippen LogP contribution < -0.4 is 23.7 Å². The number of nitro benzene ring substituents is 1. The van der Waals surface area contributed by atoms with E-state index < -0.39 is 76.5 Å². The van der Waals surface area contributed by atoms with Crippen LogP contribution in [0.5, 0.6) is 28.7 Å². The molecule has 23 heteroatoms. The van der Waals surface area contributed by atoms with Crippen LogP contribution in [0, 0.1) is 33.8 Å². The van der Waals surface area contributed by atoms with Crippen molar-refractivity contribution in [3.05, 3.63) is 139 Å². The lowest BCUT2D eigenvalue weighted by atomic mass is 9.82. The molecule has 412 valence electrons. The number of nitro groups is 1. The van der Waals surface area contributed by atoms with Crippen molar-refractivity contribution in [1.82, 2.24) is 4.98 Å². The molecule has 5 aromatic rings. The smallest absolute Gasteiger partial charge is 0.333 e. The van der Waals surface area contributed by atoms with E-state index in [0.29, 0.717) is 84.5 Å². The molecule has 1 unspecified atom stereocenters. The first-order chi connectivity index (χ1) is 38.2. The minimum atomic E-state index is -0.933. The summed E-state index contributed by atoms with van der Waals surface area (Å²) in [5.41, 5.74) is 1.27. The van der Waals surface area contributed by atoms with Gasteiger partial charge in [-0.2, -0.15) is 0 Å². The van der Waals surface area contributed by atoms with E-state index in [4.69, 9.17) is 42.6 Å². The van der Waals surface area contributed by atoms with E-state index in [1.165, 1.54) is 36.4 Å².